The molecule has 0 aliphatic heterocycles. The lowest BCUT2D eigenvalue weighted by molar-refractivity contribution is 0.0734. The predicted octanol–water partition coefficient (Wildman–Crippen LogP) is 7.17. The molecule has 0 heterocycles. The third kappa shape index (κ3) is 5.35. The lowest BCUT2D eigenvalue weighted by Gasteiger charge is -2.10. The van der Waals surface area contributed by atoms with Gasteiger partial charge >= 0.3 is 5.97 Å². The number of fused-ring (bicyclic) bond motifs is 1. The molecule has 0 atom stereocenters. The first-order valence-electron chi connectivity index (χ1n) is 9.81. The van der Waals surface area contributed by atoms with Crippen molar-refractivity contribution >= 4 is 32.7 Å². The summed E-state index contributed by atoms with van der Waals surface area (Å²) in [6.07, 6.45) is 6.03. The van der Waals surface area contributed by atoms with Gasteiger partial charge in [0.05, 0.1) is 16.6 Å². The molecule has 0 N–H and O–H groups in total. The Morgan fingerprint density at radius 1 is 0.893 bits per heavy atom. The average Bonchev–Trinajstić information content (AvgIpc) is 2.73. The maximum atomic E-state index is 12.5. The zero-order valence-corrected chi connectivity index (χ0v) is 17.7. The Labute approximate surface area is 174 Å². The van der Waals surface area contributed by atoms with Crippen LogP contribution in [0, 0.1) is 0 Å². The van der Waals surface area contributed by atoms with Crippen LogP contribution in [0.2, 0.25) is 0 Å². The first kappa shape index (κ1) is 20.4. The first-order chi connectivity index (χ1) is 13.7. The molecular formula is C24H25BrO3. The summed E-state index contributed by atoms with van der Waals surface area (Å²) in [4.78, 5) is 12.5. The Morgan fingerprint density at radius 3 is 2.43 bits per heavy atom. The number of rotatable bonds is 9. The van der Waals surface area contributed by atoms with Crippen LogP contribution in [0.5, 0.6) is 11.5 Å². The summed E-state index contributed by atoms with van der Waals surface area (Å²) < 4.78 is 12.1. The normalized spacial score (nSPS) is 10.8. The topological polar surface area (TPSA) is 35.5 Å². The first-order valence-corrected chi connectivity index (χ1v) is 10.6. The quantitative estimate of drug-likeness (QED) is 0.201. The van der Waals surface area contributed by atoms with Gasteiger partial charge in [-0.05, 0) is 63.5 Å². The van der Waals surface area contributed by atoms with Crippen molar-refractivity contribution in [1.82, 2.24) is 0 Å². The van der Waals surface area contributed by atoms with E-state index < -0.39 is 0 Å². The summed E-state index contributed by atoms with van der Waals surface area (Å²) in [5, 5.41) is 2.10. The molecule has 3 aromatic carbocycles. The lowest BCUT2D eigenvalue weighted by Crippen LogP contribution is -2.09. The predicted molar refractivity (Wildman–Crippen MR) is 117 cm³/mol. The van der Waals surface area contributed by atoms with Crippen LogP contribution < -0.4 is 9.47 Å². The van der Waals surface area contributed by atoms with Crippen molar-refractivity contribution in [3.05, 3.63) is 70.7 Å². The molecule has 28 heavy (non-hydrogen) atoms. The van der Waals surface area contributed by atoms with Crippen LogP contribution in [-0.2, 0) is 0 Å². The van der Waals surface area contributed by atoms with E-state index in [0.717, 1.165) is 27.4 Å². The Hall–Kier alpha value is -2.33. The fraction of sp³-hybridized carbons (Fsp3) is 0.292. The molecule has 146 valence electrons. The van der Waals surface area contributed by atoms with E-state index >= 15 is 0 Å². The van der Waals surface area contributed by atoms with Crippen molar-refractivity contribution in [2.45, 2.75) is 39.0 Å². The van der Waals surface area contributed by atoms with Gasteiger partial charge in [-0.2, -0.15) is 0 Å². The average molecular weight is 441 g/mol. The van der Waals surface area contributed by atoms with Gasteiger partial charge in [-0.15, -0.1) is 0 Å². The molecule has 0 fully saturated rings. The largest absolute Gasteiger partial charge is 0.494 e. The molecule has 0 amide bonds. The van der Waals surface area contributed by atoms with Crippen LogP contribution in [0.4, 0.5) is 0 Å². The molecule has 0 bridgehead atoms. The van der Waals surface area contributed by atoms with E-state index in [1.54, 1.807) is 18.2 Å². The van der Waals surface area contributed by atoms with Gasteiger partial charge < -0.3 is 9.47 Å². The van der Waals surface area contributed by atoms with E-state index in [1.807, 2.05) is 42.5 Å². The second kappa shape index (κ2) is 10.3. The summed E-state index contributed by atoms with van der Waals surface area (Å²) in [5.74, 6) is 0.900. The van der Waals surface area contributed by atoms with Gasteiger partial charge in [0, 0.05) is 0 Å². The maximum Gasteiger partial charge on any atom is 0.343 e. The summed E-state index contributed by atoms with van der Waals surface area (Å²) in [6, 6.07) is 18.8. The van der Waals surface area contributed by atoms with Crippen LogP contribution in [0.15, 0.2) is 65.1 Å². The number of hydrogen-bond donors (Lipinski definition) is 0. The Balaban J connectivity index is 1.57. The van der Waals surface area contributed by atoms with Crippen LogP contribution in [0.1, 0.15) is 49.4 Å². The van der Waals surface area contributed by atoms with Crippen molar-refractivity contribution < 1.29 is 14.3 Å². The number of hydrogen-bond acceptors (Lipinski definition) is 3. The highest BCUT2D eigenvalue weighted by molar-refractivity contribution is 9.10. The van der Waals surface area contributed by atoms with E-state index in [-0.39, 0.29) is 5.97 Å². The van der Waals surface area contributed by atoms with Crippen molar-refractivity contribution in [2.75, 3.05) is 6.61 Å². The summed E-state index contributed by atoms with van der Waals surface area (Å²) >= 11 is 3.55. The van der Waals surface area contributed by atoms with Crippen LogP contribution in [0.3, 0.4) is 0 Å². The molecule has 3 rings (SSSR count). The van der Waals surface area contributed by atoms with Crippen LogP contribution >= 0.6 is 15.9 Å². The summed E-state index contributed by atoms with van der Waals surface area (Å²) in [7, 11) is 0. The smallest absolute Gasteiger partial charge is 0.343 e. The SMILES string of the molecule is CCCCCCCOc1ccc(C(=O)Oc2ccc3ccccc3c2Br)cc1. The molecular weight excluding hydrogens is 416 g/mol. The van der Waals surface area contributed by atoms with Gasteiger partial charge in [-0.25, -0.2) is 4.79 Å². The van der Waals surface area contributed by atoms with E-state index in [4.69, 9.17) is 9.47 Å². The van der Waals surface area contributed by atoms with E-state index in [2.05, 4.69) is 22.9 Å². The van der Waals surface area contributed by atoms with Crippen molar-refractivity contribution in [3.8, 4) is 11.5 Å². The molecule has 4 heteroatoms. The van der Waals surface area contributed by atoms with Gasteiger partial charge in [0.2, 0.25) is 0 Å². The van der Waals surface area contributed by atoms with Crippen molar-refractivity contribution in [1.29, 1.82) is 0 Å². The Kier molecular flexibility index (Phi) is 7.49. The molecule has 0 unspecified atom stereocenters. The number of halogens is 1. The van der Waals surface area contributed by atoms with E-state index in [9.17, 15) is 4.79 Å². The number of carbonyl (C=O) groups is 1. The molecule has 3 aromatic rings. The highest BCUT2D eigenvalue weighted by Gasteiger charge is 2.13. The standard InChI is InChI=1S/C24H25BrO3/c1-2-3-4-5-8-17-27-20-14-11-19(12-15-20)24(26)28-22-16-13-18-9-6-7-10-21(18)23(22)25/h6-7,9-16H,2-5,8,17H2,1H3. The van der Waals surface area contributed by atoms with Gasteiger partial charge in [0.1, 0.15) is 11.5 Å². The maximum absolute atomic E-state index is 12.5. The van der Waals surface area contributed by atoms with Gasteiger partial charge in [-0.3, -0.25) is 0 Å². The van der Waals surface area contributed by atoms with Crippen molar-refractivity contribution in [2.24, 2.45) is 0 Å². The molecule has 0 spiro atoms. The van der Waals surface area contributed by atoms with E-state index in [1.165, 1.54) is 25.7 Å². The van der Waals surface area contributed by atoms with Crippen LogP contribution in [-0.4, -0.2) is 12.6 Å². The second-order valence-electron chi connectivity index (χ2n) is 6.78. The summed E-state index contributed by atoms with van der Waals surface area (Å²) in [6.45, 7) is 2.92. The van der Waals surface area contributed by atoms with Crippen molar-refractivity contribution in [3.63, 3.8) is 0 Å². The summed E-state index contributed by atoms with van der Waals surface area (Å²) in [5.41, 5.74) is 0.496. The molecule has 3 nitrogen and oxygen atoms in total. The molecule has 0 aliphatic rings. The molecule has 0 aliphatic carbocycles. The minimum atomic E-state index is -0.387. The fourth-order valence-corrected chi connectivity index (χ4v) is 3.61. The third-order valence-corrected chi connectivity index (χ3v) is 5.46. The van der Waals surface area contributed by atoms with E-state index in [0.29, 0.717) is 17.9 Å². The highest BCUT2D eigenvalue weighted by atomic mass is 79.9. The monoisotopic (exact) mass is 440 g/mol. The van der Waals surface area contributed by atoms with Gasteiger partial charge in [0.15, 0.2) is 0 Å². The molecule has 0 radical (unpaired) electrons. The van der Waals surface area contributed by atoms with Gasteiger partial charge in [-0.1, -0.05) is 62.9 Å². The lowest BCUT2D eigenvalue weighted by atomic mass is 10.1. The Morgan fingerprint density at radius 2 is 1.64 bits per heavy atom. The molecule has 0 saturated carbocycles. The zero-order chi connectivity index (χ0) is 19.8. The van der Waals surface area contributed by atoms with Crippen LogP contribution in [0.25, 0.3) is 10.8 Å². The number of unbranched alkanes of at least 4 members (excludes halogenated alkanes) is 4. The number of ether oxygens (including phenoxy) is 2. The molecule has 0 saturated heterocycles. The Bertz CT molecular complexity index is 919. The number of carbonyl (C=O) groups excluding carboxylic acids is 1. The second-order valence-corrected chi connectivity index (χ2v) is 7.57. The fourth-order valence-electron chi connectivity index (χ4n) is 3.03. The zero-order valence-electron chi connectivity index (χ0n) is 16.1. The highest BCUT2D eigenvalue weighted by Crippen LogP contribution is 2.33. The van der Waals surface area contributed by atoms with Gasteiger partial charge in [0.25, 0.3) is 0 Å². The number of benzene rings is 3. The molecule has 0 aromatic heterocycles. The third-order valence-electron chi connectivity index (χ3n) is 4.64. The minimum Gasteiger partial charge on any atom is -0.494 e. The number of esters is 1. The minimum absolute atomic E-state index is 0.387.